The Balaban J connectivity index is 0.000000891. The van der Waals surface area contributed by atoms with Gasteiger partial charge in [-0.2, -0.15) is 0 Å². The van der Waals surface area contributed by atoms with Crippen molar-refractivity contribution in [3.63, 3.8) is 0 Å². The van der Waals surface area contributed by atoms with Crippen LogP contribution >= 0.6 is 31.1 Å². The molecule has 2 aromatic rings. The molecule has 1 heterocycles. The summed E-state index contributed by atoms with van der Waals surface area (Å²) in [5, 5.41) is 0. The second-order valence-electron chi connectivity index (χ2n) is 4.00. The zero-order valence-electron chi connectivity index (χ0n) is 12.9. The SMILES string of the molecule is CCC=Nc1ccc(S(=O)(O)=Nc2nsnc2OC)cc1.[Cl][Zn][Cl]. The third-order valence-electron chi connectivity index (χ3n) is 2.41. The van der Waals surface area contributed by atoms with Crippen LogP contribution in [0.3, 0.4) is 0 Å². The Morgan fingerprint density at radius 1 is 1.38 bits per heavy atom. The van der Waals surface area contributed by atoms with Crippen molar-refractivity contribution < 1.29 is 28.6 Å². The van der Waals surface area contributed by atoms with Crippen molar-refractivity contribution in [1.29, 1.82) is 0 Å². The fourth-order valence-electron chi connectivity index (χ4n) is 1.44. The summed E-state index contributed by atoms with van der Waals surface area (Å²) in [4.78, 5) is 4.35. The monoisotopic (exact) mass is 460 g/mol. The molecular weight excluding hydrogens is 449 g/mol. The summed E-state index contributed by atoms with van der Waals surface area (Å²) >= 11 is -0.0669. The quantitative estimate of drug-likeness (QED) is 0.514. The predicted molar refractivity (Wildman–Crippen MR) is 94.2 cm³/mol. The number of rotatable bonds is 5. The van der Waals surface area contributed by atoms with Crippen LogP contribution in [0.25, 0.3) is 0 Å². The summed E-state index contributed by atoms with van der Waals surface area (Å²) < 4.78 is 38.6. The van der Waals surface area contributed by atoms with Crippen molar-refractivity contribution in [3.05, 3.63) is 24.3 Å². The van der Waals surface area contributed by atoms with Gasteiger partial charge >= 0.3 is 34.5 Å². The minimum absolute atomic E-state index is 0.0167. The van der Waals surface area contributed by atoms with E-state index >= 15 is 0 Å². The molecule has 0 fully saturated rings. The van der Waals surface area contributed by atoms with Gasteiger partial charge in [-0.15, -0.1) is 13.1 Å². The van der Waals surface area contributed by atoms with E-state index in [0.717, 1.165) is 18.1 Å². The average Bonchev–Trinajstić information content (AvgIpc) is 3.00. The number of methoxy groups -OCH3 is 1. The van der Waals surface area contributed by atoms with Gasteiger partial charge in [-0.1, -0.05) is 6.92 Å². The van der Waals surface area contributed by atoms with Gasteiger partial charge < -0.3 is 4.74 Å². The van der Waals surface area contributed by atoms with Gasteiger partial charge in [0.05, 0.1) is 29.4 Å². The van der Waals surface area contributed by atoms with E-state index in [9.17, 15) is 8.76 Å². The number of aliphatic imine (C=N–C) groups is 1. The standard InChI is InChI=1S/C12H14N4O3S2.2ClH.Zn/c1-3-8-13-9-4-6-10(7-5-9)21(17,18)16-11-12(19-2)15-20-14-11;;;/h4-8H,3H2,1-2H3,(H,14,16,17,18);2*1H;/q;;;+2/p-2. The Kier molecular flexibility index (Phi) is 9.87. The zero-order valence-corrected chi connectivity index (χ0v) is 19.0. The molecule has 0 radical (unpaired) electrons. The fourth-order valence-corrected chi connectivity index (χ4v) is 2.90. The van der Waals surface area contributed by atoms with Crippen LogP contribution in [0.1, 0.15) is 13.3 Å². The molecule has 1 aromatic carbocycles. The molecule has 2 rings (SSSR count). The second-order valence-corrected chi connectivity index (χ2v) is 10.8. The third kappa shape index (κ3) is 6.70. The first-order valence-electron chi connectivity index (χ1n) is 6.59. The summed E-state index contributed by atoms with van der Waals surface area (Å²) in [7, 11) is 7.70. The van der Waals surface area contributed by atoms with E-state index in [1.54, 1.807) is 18.3 Å². The summed E-state index contributed by atoms with van der Waals surface area (Å²) in [6.45, 7) is 1.98. The van der Waals surface area contributed by atoms with Crippen LogP contribution in [0.5, 0.6) is 5.88 Å². The molecule has 0 saturated carbocycles. The molecule has 1 N–H and O–H groups in total. The molecule has 0 aliphatic carbocycles. The molecule has 0 spiro atoms. The van der Waals surface area contributed by atoms with Gasteiger partial charge in [0, 0.05) is 6.21 Å². The molecule has 0 bridgehead atoms. The van der Waals surface area contributed by atoms with Crippen LogP contribution in [0, 0.1) is 0 Å². The molecule has 24 heavy (non-hydrogen) atoms. The summed E-state index contributed by atoms with van der Waals surface area (Å²) in [6, 6.07) is 6.34. The number of benzene rings is 1. The van der Waals surface area contributed by atoms with Crippen molar-refractivity contribution in [3.8, 4) is 5.88 Å². The van der Waals surface area contributed by atoms with E-state index in [0.29, 0.717) is 5.69 Å². The number of aromatic nitrogens is 2. The number of hydrogen-bond donors (Lipinski definition) is 1. The maximum absolute atomic E-state index is 12.3. The van der Waals surface area contributed by atoms with Gasteiger partial charge in [0.1, 0.15) is 0 Å². The van der Waals surface area contributed by atoms with Gasteiger partial charge in [0.15, 0.2) is 10.0 Å². The molecule has 0 amide bonds. The van der Waals surface area contributed by atoms with E-state index < -0.39 is 25.2 Å². The molecule has 0 aliphatic heterocycles. The number of ether oxygens (including phenoxy) is 1. The Bertz CT molecular complexity index is 777. The first-order valence-corrected chi connectivity index (χ1v) is 16.6. The number of nitrogens with zero attached hydrogens (tertiary/aromatic N) is 4. The number of halogens is 2. The first kappa shape index (κ1) is 21.4. The molecular formula is C12H14Cl2N4O3S2Zn. The summed E-state index contributed by atoms with van der Waals surface area (Å²) in [5.74, 6) is 0.147. The van der Waals surface area contributed by atoms with E-state index in [-0.39, 0.29) is 16.6 Å². The molecule has 12 heteroatoms. The Hall–Kier alpha value is -0.637. The van der Waals surface area contributed by atoms with Crippen molar-refractivity contribution in [2.45, 2.75) is 18.2 Å². The zero-order chi connectivity index (χ0) is 18.0. The van der Waals surface area contributed by atoms with E-state index in [1.165, 1.54) is 19.2 Å². The van der Waals surface area contributed by atoms with Crippen molar-refractivity contribution in [2.75, 3.05) is 7.11 Å². The van der Waals surface area contributed by atoms with Gasteiger partial charge in [0.25, 0.3) is 5.88 Å². The predicted octanol–water partition coefficient (Wildman–Crippen LogP) is 4.67. The van der Waals surface area contributed by atoms with Crippen molar-refractivity contribution >= 4 is 58.8 Å². The van der Waals surface area contributed by atoms with Crippen LogP contribution < -0.4 is 4.74 Å². The van der Waals surface area contributed by atoms with Crippen LogP contribution in [0.4, 0.5) is 11.5 Å². The van der Waals surface area contributed by atoms with Crippen LogP contribution in [-0.2, 0) is 25.2 Å². The number of hydrogen-bond acceptors (Lipinski definition) is 7. The molecule has 1 unspecified atom stereocenters. The topological polar surface area (TPSA) is 97.0 Å². The van der Waals surface area contributed by atoms with Crippen LogP contribution in [-0.4, -0.2) is 30.8 Å². The maximum atomic E-state index is 12.3. The van der Waals surface area contributed by atoms with Crippen molar-refractivity contribution in [1.82, 2.24) is 8.75 Å². The molecule has 1 aromatic heterocycles. The summed E-state index contributed by atoms with van der Waals surface area (Å²) in [6.07, 6.45) is 2.59. The Labute approximate surface area is 160 Å². The van der Waals surface area contributed by atoms with Crippen molar-refractivity contribution in [2.24, 2.45) is 9.36 Å². The van der Waals surface area contributed by atoms with Gasteiger partial charge in [-0.25, -0.2) is 4.21 Å². The Morgan fingerprint density at radius 3 is 2.54 bits per heavy atom. The molecule has 7 nitrogen and oxygen atoms in total. The summed E-state index contributed by atoms with van der Waals surface area (Å²) in [5.41, 5.74) is 0.712. The third-order valence-corrected chi connectivity index (χ3v) is 4.22. The second kappa shape index (κ2) is 11.1. The molecule has 0 aliphatic rings. The van der Waals surface area contributed by atoms with Gasteiger partial charge in [-0.3, -0.25) is 9.55 Å². The molecule has 128 valence electrons. The first-order chi connectivity index (χ1) is 11.5. The van der Waals surface area contributed by atoms with E-state index in [4.69, 9.17) is 24.1 Å². The van der Waals surface area contributed by atoms with E-state index in [1.807, 2.05) is 6.92 Å². The van der Waals surface area contributed by atoms with E-state index in [2.05, 4.69) is 18.1 Å². The van der Waals surface area contributed by atoms with Crippen LogP contribution in [0.15, 0.2) is 38.5 Å². The van der Waals surface area contributed by atoms with Crippen LogP contribution in [0.2, 0.25) is 0 Å². The Morgan fingerprint density at radius 2 is 2.00 bits per heavy atom. The fraction of sp³-hybridized carbons (Fsp3) is 0.250. The van der Waals surface area contributed by atoms with Gasteiger partial charge in [-0.05, 0) is 30.7 Å². The molecule has 0 saturated heterocycles. The van der Waals surface area contributed by atoms with Gasteiger partial charge in [0.2, 0.25) is 5.82 Å². The average molecular weight is 463 g/mol. The molecule has 1 atom stereocenters. The minimum atomic E-state index is -3.61. The normalized spacial score (nSPS) is 12.7.